The van der Waals surface area contributed by atoms with Crippen LogP contribution in [0.4, 0.5) is 4.39 Å². The summed E-state index contributed by atoms with van der Waals surface area (Å²) in [6.45, 7) is 2.97. The first-order chi connectivity index (χ1) is 3.72. The summed E-state index contributed by atoms with van der Waals surface area (Å²) in [5, 5.41) is 0. The van der Waals surface area contributed by atoms with Crippen LogP contribution in [0.1, 0.15) is 0 Å². The minimum atomic E-state index is -0.644. The van der Waals surface area contributed by atoms with Crippen molar-refractivity contribution < 1.29 is 9.13 Å². The Morgan fingerprint density at radius 2 is 2.25 bits per heavy atom. The largest absolute Gasteiger partial charge is 0.479 e. The third-order valence-electron chi connectivity index (χ3n) is 0.628. The summed E-state index contributed by atoms with van der Waals surface area (Å²) in [5.74, 6) is -0.694. The second kappa shape index (κ2) is 3.18. The summed E-state index contributed by atoms with van der Waals surface area (Å²) in [6, 6.07) is 0. The molecule has 0 atom stereocenters. The lowest BCUT2D eigenvalue weighted by atomic mass is 10.6. The van der Waals surface area contributed by atoms with E-state index < -0.39 is 5.83 Å². The van der Waals surface area contributed by atoms with Crippen molar-refractivity contribution in [3.8, 4) is 0 Å². The van der Waals surface area contributed by atoms with E-state index in [-0.39, 0.29) is 5.90 Å². The Bertz CT molecular complexity index is 120. The molecule has 0 aromatic carbocycles. The molecule has 2 nitrogen and oxygen atoms in total. The van der Waals surface area contributed by atoms with E-state index in [1.165, 1.54) is 14.2 Å². The van der Waals surface area contributed by atoms with E-state index in [4.69, 9.17) is 0 Å². The van der Waals surface area contributed by atoms with Gasteiger partial charge in [-0.3, -0.25) is 4.99 Å². The van der Waals surface area contributed by atoms with Gasteiger partial charge >= 0.3 is 0 Å². The average Bonchev–Trinajstić information content (AvgIpc) is 1.69. The Hall–Kier alpha value is -0.860. The third kappa shape index (κ3) is 1.73. The fourth-order valence-electron chi connectivity index (χ4n) is 0.323. The summed E-state index contributed by atoms with van der Waals surface area (Å²) in [6.07, 6.45) is 0. The molecule has 0 heterocycles. The van der Waals surface area contributed by atoms with Crippen LogP contribution in [-0.2, 0) is 4.74 Å². The van der Waals surface area contributed by atoms with E-state index in [2.05, 4.69) is 16.3 Å². The first-order valence-corrected chi connectivity index (χ1v) is 2.08. The molecule has 0 aliphatic carbocycles. The molecule has 0 spiro atoms. The predicted molar refractivity (Wildman–Crippen MR) is 30.6 cm³/mol. The maximum absolute atomic E-state index is 11.9. The lowest BCUT2D eigenvalue weighted by Crippen LogP contribution is -1.99. The average molecular weight is 117 g/mol. The Morgan fingerprint density at radius 1 is 1.75 bits per heavy atom. The van der Waals surface area contributed by atoms with Gasteiger partial charge in [-0.25, -0.2) is 4.39 Å². The van der Waals surface area contributed by atoms with Gasteiger partial charge in [0.05, 0.1) is 7.11 Å². The SMILES string of the molecule is C=C(F)/C(=N\C)OC. The van der Waals surface area contributed by atoms with Gasteiger partial charge in [-0.2, -0.15) is 0 Å². The zero-order valence-corrected chi connectivity index (χ0v) is 4.94. The van der Waals surface area contributed by atoms with Crippen LogP contribution in [0.2, 0.25) is 0 Å². The monoisotopic (exact) mass is 117 g/mol. The molecule has 0 aliphatic heterocycles. The third-order valence-corrected chi connectivity index (χ3v) is 0.628. The number of hydrogen-bond donors (Lipinski definition) is 0. The maximum Gasteiger partial charge on any atom is 0.244 e. The smallest absolute Gasteiger partial charge is 0.244 e. The highest BCUT2D eigenvalue weighted by atomic mass is 19.1. The number of ether oxygens (including phenoxy) is 1. The molecule has 0 aliphatic rings. The molecule has 0 unspecified atom stereocenters. The summed E-state index contributed by atoms with van der Waals surface area (Å²) in [4.78, 5) is 3.43. The van der Waals surface area contributed by atoms with Gasteiger partial charge in [-0.15, -0.1) is 0 Å². The molecule has 0 aromatic rings. The maximum atomic E-state index is 11.9. The zero-order chi connectivity index (χ0) is 6.57. The molecule has 0 saturated carbocycles. The number of rotatable bonds is 1. The van der Waals surface area contributed by atoms with Gasteiger partial charge in [0, 0.05) is 7.05 Å². The Balaban J connectivity index is 3.92. The van der Waals surface area contributed by atoms with Crippen LogP contribution in [0, 0.1) is 0 Å². The van der Waals surface area contributed by atoms with Crippen LogP contribution >= 0.6 is 0 Å². The molecule has 0 radical (unpaired) electrons. The highest BCUT2D eigenvalue weighted by Crippen LogP contribution is 1.94. The molecule has 0 fully saturated rings. The molecule has 46 valence electrons. The van der Waals surface area contributed by atoms with Gasteiger partial charge < -0.3 is 4.74 Å². The fraction of sp³-hybridized carbons (Fsp3) is 0.400. The van der Waals surface area contributed by atoms with E-state index in [0.717, 1.165) is 0 Å². The number of methoxy groups -OCH3 is 1. The Labute approximate surface area is 47.7 Å². The molecule has 0 N–H and O–H groups in total. The fourth-order valence-corrected chi connectivity index (χ4v) is 0.323. The van der Waals surface area contributed by atoms with E-state index >= 15 is 0 Å². The first kappa shape index (κ1) is 7.14. The molecule has 0 amide bonds. The lowest BCUT2D eigenvalue weighted by molar-refractivity contribution is 0.390. The molecule has 0 aromatic heterocycles. The minimum Gasteiger partial charge on any atom is -0.479 e. The summed E-state index contributed by atoms with van der Waals surface area (Å²) in [5.41, 5.74) is 0. The molecule has 3 heteroatoms. The van der Waals surface area contributed by atoms with Crippen molar-refractivity contribution in [3.05, 3.63) is 12.4 Å². The molecular weight excluding hydrogens is 109 g/mol. The van der Waals surface area contributed by atoms with E-state index in [1.807, 2.05) is 0 Å². The standard InChI is InChI=1S/C5H8FNO/c1-4(6)5(7-2)8-3/h1H2,2-3H3/b7-5+. The number of halogens is 1. The molecule has 0 rings (SSSR count). The summed E-state index contributed by atoms with van der Waals surface area (Å²) >= 11 is 0. The van der Waals surface area contributed by atoms with Crippen molar-refractivity contribution in [1.82, 2.24) is 0 Å². The summed E-state index contributed by atoms with van der Waals surface area (Å²) < 4.78 is 16.4. The Kier molecular flexibility index (Phi) is 2.84. The van der Waals surface area contributed by atoms with E-state index in [0.29, 0.717) is 0 Å². The van der Waals surface area contributed by atoms with E-state index in [1.54, 1.807) is 0 Å². The quantitative estimate of drug-likeness (QED) is 0.373. The normalized spacial score (nSPS) is 11.1. The van der Waals surface area contributed by atoms with Crippen molar-refractivity contribution in [1.29, 1.82) is 0 Å². The minimum absolute atomic E-state index is 0.0509. The number of hydrogen-bond acceptors (Lipinski definition) is 2. The van der Waals surface area contributed by atoms with Crippen LogP contribution in [0.3, 0.4) is 0 Å². The van der Waals surface area contributed by atoms with Crippen LogP contribution in [0.15, 0.2) is 17.4 Å². The number of aliphatic imine (C=N–C) groups is 1. The lowest BCUT2D eigenvalue weighted by Gasteiger charge is -1.96. The second-order valence-electron chi connectivity index (χ2n) is 1.14. The van der Waals surface area contributed by atoms with Crippen LogP contribution in [-0.4, -0.2) is 20.1 Å². The summed E-state index contributed by atoms with van der Waals surface area (Å²) in [7, 11) is 2.77. The topological polar surface area (TPSA) is 21.6 Å². The van der Waals surface area contributed by atoms with Gasteiger partial charge in [0.1, 0.15) is 0 Å². The van der Waals surface area contributed by atoms with Gasteiger partial charge in [-0.1, -0.05) is 6.58 Å². The second-order valence-corrected chi connectivity index (χ2v) is 1.14. The first-order valence-electron chi connectivity index (χ1n) is 2.08. The molecule has 8 heavy (non-hydrogen) atoms. The van der Waals surface area contributed by atoms with Crippen molar-refractivity contribution in [3.63, 3.8) is 0 Å². The Morgan fingerprint density at radius 3 is 2.25 bits per heavy atom. The molecule has 0 bridgehead atoms. The van der Waals surface area contributed by atoms with Gasteiger partial charge in [0.15, 0.2) is 5.83 Å². The van der Waals surface area contributed by atoms with Crippen molar-refractivity contribution >= 4 is 5.90 Å². The van der Waals surface area contributed by atoms with Gasteiger partial charge in [-0.05, 0) is 0 Å². The van der Waals surface area contributed by atoms with Crippen molar-refractivity contribution in [2.24, 2.45) is 4.99 Å². The highest BCUT2D eigenvalue weighted by Gasteiger charge is 1.98. The van der Waals surface area contributed by atoms with Crippen LogP contribution in [0.25, 0.3) is 0 Å². The van der Waals surface area contributed by atoms with Crippen LogP contribution < -0.4 is 0 Å². The molecular formula is C5H8FNO. The molecule has 0 saturated heterocycles. The van der Waals surface area contributed by atoms with Crippen LogP contribution in [0.5, 0.6) is 0 Å². The van der Waals surface area contributed by atoms with E-state index in [9.17, 15) is 4.39 Å². The predicted octanol–water partition coefficient (Wildman–Crippen LogP) is 1.14. The highest BCUT2D eigenvalue weighted by molar-refractivity contribution is 5.90. The van der Waals surface area contributed by atoms with Gasteiger partial charge in [0.2, 0.25) is 5.90 Å². The number of nitrogens with zero attached hydrogens (tertiary/aromatic N) is 1. The zero-order valence-electron chi connectivity index (χ0n) is 4.94. The van der Waals surface area contributed by atoms with Gasteiger partial charge in [0.25, 0.3) is 0 Å². The van der Waals surface area contributed by atoms with Crippen molar-refractivity contribution in [2.75, 3.05) is 14.2 Å². The van der Waals surface area contributed by atoms with Crippen molar-refractivity contribution in [2.45, 2.75) is 0 Å².